The van der Waals surface area contributed by atoms with E-state index in [0.717, 1.165) is 5.57 Å². The van der Waals surface area contributed by atoms with Gasteiger partial charge in [0.05, 0.1) is 0 Å². The second-order valence-corrected chi connectivity index (χ2v) is 3.23. The minimum atomic E-state index is 0.454. The molecule has 0 atom stereocenters. The first-order valence-corrected chi connectivity index (χ1v) is 4.80. The van der Waals surface area contributed by atoms with Gasteiger partial charge in [0.25, 0.3) is 0 Å². The third kappa shape index (κ3) is 4.04. The number of nitrogens with zero attached hydrogens (tertiary/aromatic N) is 1. The average Bonchev–Trinajstić information content (AvgIpc) is 2.14. The second kappa shape index (κ2) is 7.07. The minimum Gasteiger partial charge on any atom is -0.265 e. The molecule has 0 aliphatic heterocycles. The molecule has 1 heteroatoms. The quantitative estimate of drug-likeness (QED) is 0.459. The smallest absolute Gasteiger partial charge is 0.0342 e. The third-order valence-corrected chi connectivity index (χ3v) is 1.84. The maximum Gasteiger partial charge on any atom is 0.0342 e. The van der Waals surface area contributed by atoms with Crippen LogP contribution in [0.4, 0.5) is 0 Å². The van der Waals surface area contributed by atoms with E-state index in [4.69, 9.17) is 0 Å². The summed E-state index contributed by atoms with van der Waals surface area (Å²) in [6, 6.07) is 0. The maximum absolute atomic E-state index is 4.02. The molecule has 14 heavy (non-hydrogen) atoms. The van der Waals surface area contributed by atoms with E-state index in [1.54, 1.807) is 0 Å². The Kier molecular flexibility index (Phi) is 6.38. The molecule has 0 aromatic rings. The van der Waals surface area contributed by atoms with Crippen molar-refractivity contribution in [2.75, 3.05) is 0 Å². The fourth-order valence-corrected chi connectivity index (χ4v) is 1.21. The van der Waals surface area contributed by atoms with Crippen molar-refractivity contribution in [2.24, 2.45) is 10.9 Å². The van der Waals surface area contributed by atoms with Gasteiger partial charge in [0.1, 0.15) is 0 Å². The normalized spacial score (nSPS) is 13.7. The standard InChI is InChI=1S/C13H19N/c1-6-9-12(10-14-8-3)13(7-2)11(4)5/h6-11H,2-3H2,1,4-5H3/b9-6-,13-12+,14-10-. The zero-order chi connectivity index (χ0) is 11.0. The predicted octanol–water partition coefficient (Wildman–Crippen LogP) is 3.92. The fourth-order valence-electron chi connectivity index (χ4n) is 1.21. The molecule has 1 nitrogen and oxygen atoms in total. The summed E-state index contributed by atoms with van der Waals surface area (Å²) in [6.45, 7) is 13.6. The lowest BCUT2D eigenvalue weighted by molar-refractivity contribution is 0.789. The predicted molar refractivity (Wildman–Crippen MR) is 65.6 cm³/mol. The van der Waals surface area contributed by atoms with Gasteiger partial charge in [-0.1, -0.05) is 45.2 Å². The van der Waals surface area contributed by atoms with Gasteiger partial charge >= 0.3 is 0 Å². The van der Waals surface area contributed by atoms with E-state index in [1.807, 2.05) is 31.4 Å². The largest absolute Gasteiger partial charge is 0.265 e. The Hall–Kier alpha value is -1.37. The van der Waals surface area contributed by atoms with E-state index in [9.17, 15) is 0 Å². The van der Waals surface area contributed by atoms with Crippen molar-refractivity contribution in [2.45, 2.75) is 20.8 Å². The van der Waals surface area contributed by atoms with Crippen LogP contribution in [0.3, 0.4) is 0 Å². The minimum absolute atomic E-state index is 0.454. The summed E-state index contributed by atoms with van der Waals surface area (Å²) in [5.41, 5.74) is 2.30. The molecule has 0 aromatic carbocycles. The molecule has 0 fully saturated rings. The Morgan fingerprint density at radius 2 is 1.93 bits per heavy atom. The molecule has 0 N–H and O–H groups in total. The van der Waals surface area contributed by atoms with E-state index in [-0.39, 0.29) is 0 Å². The van der Waals surface area contributed by atoms with E-state index in [0.29, 0.717) is 5.92 Å². The summed E-state index contributed by atoms with van der Waals surface area (Å²) >= 11 is 0. The molecule has 0 saturated carbocycles. The Morgan fingerprint density at radius 3 is 2.29 bits per heavy atom. The molecule has 0 bridgehead atoms. The summed E-state index contributed by atoms with van der Waals surface area (Å²) < 4.78 is 0. The van der Waals surface area contributed by atoms with Crippen LogP contribution >= 0.6 is 0 Å². The van der Waals surface area contributed by atoms with Crippen LogP contribution in [-0.4, -0.2) is 6.21 Å². The van der Waals surface area contributed by atoms with Gasteiger partial charge in [-0.25, -0.2) is 0 Å². The number of rotatable bonds is 5. The zero-order valence-electron chi connectivity index (χ0n) is 9.33. The monoisotopic (exact) mass is 189 g/mol. The summed E-state index contributed by atoms with van der Waals surface area (Å²) in [7, 11) is 0. The highest BCUT2D eigenvalue weighted by Gasteiger charge is 2.02. The molecular weight excluding hydrogens is 170 g/mol. The molecular formula is C13H19N. The first kappa shape index (κ1) is 12.6. The lowest BCUT2D eigenvalue weighted by Gasteiger charge is -2.08. The van der Waals surface area contributed by atoms with E-state index < -0.39 is 0 Å². The van der Waals surface area contributed by atoms with Crippen LogP contribution in [0.5, 0.6) is 0 Å². The van der Waals surface area contributed by atoms with Gasteiger partial charge in [0, 0.05) is 12.4 Å². The molecule has 0 saturated heterocycles. The van der Waals surface area contributed by atoms with Crippen molar-refractivity contribution in [1.29, 1.82) is 0 Å². The molecule has 0 radical (unpaired) electrons. The highest BCUT2D eigenvalue weighted by molar-refractivity contribution is 5.84. The summed E-state index contributed by atoms with van der Waals surface area (Å²) in [5, 5.41) is 0. The lowest BCUT2D eigenvalue weighted by Crippen LogP contribution is -1.96. The maximum atomic E-state index is 4.02. The van der Waals surface area contributed by atoms with Crippen molar-refractivity contribution >= 4 is 6.21 Å². The van der Waals surface area contributed by atoms with Crippen LogP contribution in [0.1, 0.15) is 20.8 Å². The molecule has 0 heterocycles. The third-order valence-electron chi connectivity index (χ3n) is 1.84. The molecule has 0 amide bonds. The van der Waals surface area contributed by atoms with E-state index in [2.05, 4.69) is 32.0 Å². The van der Waals surface area contributed by atoms with Crippen molar-refractivity contribution < 1.29 is 0 Å². The summed E-state index contributed by atoms with van der Waals surface area (Å²) in [4.78, 5) is 4.02. The first-order valence-electron chi connectivity index (χ1n) is 4.80. The molecule has 0 spiro atoms. The topological polar surface area (TPSA) is 12.4 Å². The van der Waals surface area contributed by atoms with Gasteiger partial charge in [-0.2, -0.15) is 0 Å². The van der Waals surface area contributed by atoms with Crippen LogP contribution in [0.15, 0.2) is 53.7 Å². The van der Waals surface area contributed by atoms with Crippen LogP contribution in [0.2, 0.25) is 0 Å². The van der Waals surface area contributed by atoms with Crippen molar-refractivity contribution in [3.8, 4) is 0 Å². The second-order valence-electron chi connectivity index (χ2n) is 3.23. The number of hydrogen-bond acceptors (Lipinski definition) is 1. The highest BCUT2D eigenvalue weighted by Crippen LogP contribution is 2.15. The van der Waals surface area contributed by atoms with Crippen LogP contribution in [-0.2, 0) is 0 Å². The summed E-state index contributed by atoms with van der Waals surface area (Å²) in [5.74, 6) is 0.454. The number of hydrogen-bond donors (Lipinski definition) is 0. The van der Waals surface area contributed by atoms with Gasteiger partial charge in [0.15, 0.2) is 0 Å². The van der Waals surface area contributed by atoms with Gasteiger partial charge in [-0.3, -0.25) is 4.99 Å². The molecule has 0 aromatic heterocycles. The molecule has 0 aliphatic carbocycles. The Labute approximate surface area is 87.3 Å². The first-order chi connectivity index (χ1) is 6.67. The van der Waals surface area contributed by atoms with Gasteiger partial charge in [0.2, 0.25) is 0 Å². The fraction of sp³-hybridized carbons (Fsp3) is 0.308. The number of aliphatic imine (C=N–C) groups is 1. The molecule has 0 unspecified atom stereocenters. The summed E-state index contributed by atoms with van der Waals surface area (Å²) in [6.07, 6.45) is 9.25. The van der Waals surface area contributed by atoms with Crippen molar-refractivity contribution in [3.05, 3.63) is 48.7 Å². The SMILES string of the molecule is C=C\N=C/C(/C=C\C)=C(\C=C)C(C)C. The average molecular weight is 189 g/mol. The van der Waals surface area contributed by atoms with E-state index in [1.165, 1.54) is 11.8 Å². The van der Waals surface area contributed by atoms with E-state index >= 15 is 0 Å². The Bertz CT molecular complexity index is 278. The molecule has 0 rings (SSSR count). The Balaban J connectivity index is 5.18. The van der Waals surface area contributed by atoms with Crippen molar-refractivity contribution in [3.63, 3.8) is 0 Å². The van der Waals surface area contributed by atoms with Crippen LogP contribution in [0.25, 0.3) is 0 Å². The van der Waals surface area contributed by atoms with Crippen LogP contribution < -0.4 is 0 Å². The zero-order valence-corrected chi connectivity index (χ0v) is 9.33. The van der Waals surface area contributed by atoms with Crippen molar-refractivity contribution in [1.82, 2.24) is 0 Å². The Morgan fingerprint density at radius 1 is 1.29 bits per heavy atom. The van der Waals surface area contributed by atoms with Gasteiger partial charge in [-0.05, 0) is 24.0 Å². The molecule has 0 aliphatic rings. The number of allylic oxidation sites excluding steroid dienone is 5. The lowest BCUT2D eigenvalue weighted by atomic mass is 9.97. The molecule has 76 valence electrons. The van der Waals surface area contributed by atoms with Crippen LogP contribution in [0, 0.1) is 5.92 Å². The highest BCUT2D eigenvalue weighted by atomic mass is 14.7. The van der Waals surface area contributed by atoms with Gasteiger partial charge in [-0.15, -0.1) is 0 Å². The van der Waals surface area contributed by atoms with Gasteiger partial charge < -0.3 is 0 Å².